The predicted octanol–water partition coefficient (Wildman–Crippen LogP) is 14.5. The van der Waals surface area contributed by atoms with Crippen molar-refractivity contribution in [1.82, 2.24) is 0 Å². The van der Waals surface area contributed by atoms with E-state index < -0.39 is 5.41 Å². The second-order valence-electron chi connectivity index (χ2n) is 14.5. The van der Waals surface area contributed by atoms with E-state index in [-0.39, 0.29) is 0 Å². The van der Waals surface area contributed by atoms with E-state index in [0.29, 0.717) is 0 Å². The zero-order valence-corrected chi connectivity index (χ0v) is 31.0. The summed E-state index contributed by atoms with van der Waals surface area (Å²) in [5.41, 5.74) is 17.5. The monoisotopic (exact) mass is 713 g/mol. The fourth-order valence-electron chi connectivity index (χ4n) is 8.79. The second kappa shape index (κ2) is 14.2. The number of anilines is 3. The van der Waals surface area contributed by atoms with Crippen molar-refractivity contribution in [3.8, 4) is 44.5 Å². The van der Waals surface area contributed by atoms with Crippen molar-refractivity contribution in [3.05, 3.63) is 259 Å². The van der Waals surface area contributed by atoms with Crippen molar-refractivity contribution >= 4 is 17.1 Å². The van der Waals surface area contributed by atoms with Crippen LogP contribution >= 0.6 is 0 Å². The summed E-state index contributed by atoms with van der Waals surface area (Å²) in [5.74, 6) is 0. The maximum Gasteiger partial charge on any atom is 0.0714 e. The van der Waals surface area contributed by atoms with Crippen LogP contribution in [0.25, 0.3) is 44.5 Å². The molecule has 0 amide bonds. The Kier molecular flexibility index (Phi) is 8.46. The van der Waals surface area contributed by atoms with Gasteiger partial charge in [-0.25, -0.2) is 0 Å². The van der Waals surface area contributed by atoms with Gasteiger partial charge in [-0.2, -0.15) is 0 Å². The van der Waals surface area contributed by atoms with Crippen LogP contribution in [0.4, 0.5) is 17.1 Å². The fraction of sp³-hybridized carbons (Fsp3) is 0.0182. The highest BCUT2D eigenvalue weighted by atomic mass is 15.1. The first kappa shape index (κ1) is 33.4. The normalized spacial score (nSPS) is 12.4. The smallest absolute Gasteiger partial charge is 0.0714 e. The quantitative estimate of drug-likeness (QED) is 0.152. The van der Waals surface area contributed by atoms with Gasteiger partial charge in [-0.1, -0.05) is 194 Å². The molecule has 56 heavy (non-hydrogen) atoms. The maximum atomic E-state index is 2.46. The van der Waals surface area contributed by atoms with E-state index in [1.807, 2.05) is 0 Å². The van der Waals surface area contributed by atoms with Gasteiger partial charge in [-0.3, -0.25) is 0 Å². The van der Waals surface area contributed by atoms with Crippen LogP contribution in [0.2, 0.25) is 0 Å². The fourth-order valence-corrected chi connectivity index (χ4v) is 8.79. The highest BCUT2D eigenvalue weighted by molar-refractivity contribution is 5.91. The highest BCUT2D eigenvalue weighted by Crippen LogP contribution is 2.57. The highest BCUT2D eigenvalue weighted by Gasteiger charge is 2.46. The molecule has 0 saturated carbocycles. The Morgan fingerprint density at radius 2 is 0.661 bits per heavy atom. The van der Waals surface area contributed by atoms with E-state index in [1.54, 1.807) is 0 Å². The van der Waals surface area contributed by atoms with Crippen LogP contribution in [0, 0.1) is 0 Å². The van der Waals surface area contributed by atoms with Gasteiger partial charge in [0.25, 0.3) is 0 Å². The van der Waals surface area contributed by atoms with Gasteiger partial charge in [-0.05, 0) is 109 Å². The molecule has 0 bridgehead atoms. The molecule has 0 radical (unpaired) electrons. The second-order valence-corrected chi connectivity index (χ2v) is 14.5. The van der Waals surface area contributed by atoms with Crippen LogP contribution < -0.4 is 4.90 Å². The molecule has 0 fully saturated rings. The number of hydrogen-bond acceptors (Lipinski definition) is 1. The lowest BCUT2D eigenvalue weighted by Crippen LogP contribution is -2.28. The van der Waals surface area contributed by atoms with E-state index in [1.165, 1.54) is 66.8 Å². The Bertz CT molecular complexity index is 2660. The summed E-state index contributed by atoms with van der Waals surface area (Å²) in [6, 6.07) is 86.3. The van der Waals surface area contributed by atoms with E-state index in [2.05, 4.69) is 241 Å². The molecule has 10 rings (SSSR count). The molecule has 0 N–H and O–H groups in total. The Hall–Kier alpha value is -7.22. The molecule has 0 saturated heterocycles. The summed E-state index contributed by atoms with van der Waals surface area (Å²) in [4.78, 5) is 2.44. The number of fused-ring (bicyclic) bond motifs is 3. The van der Waals surface area contributed by atoms with Crippen molar-refractivity contribution in [2.75, 3.05) is 4.90 Å². The Labute approximate surface area is 329 Å². The lowest BCUT2D eigenvalue weighted by molar-refractivity contribution is 0.768. The van der Waals surface area contributed by atoms with Gasteiger partial charge in [0.15, 0.2) is 0 Å². The van der Waals surface area contributed by atoms with Gasteiger partial charge in [0.1, 0.15) is 0 Å². The molecule has 0 spiro atoms. The zero-order chi connectivity index (χ0) is 37.3. The summed E-state index contributed by atoms with van der Waals surface area (Å²) in [7, 11) is 0. The topological polar surface area (TPSA) is 3.24 Å². The molecule has 1 aliphatic rings. The minimum absolute atomic E-state index is 0.506. The SMILES string of the molecule is c1ccc(-c2ccc(N(c3cc(-c4ccccc4)cc(-c4ccccc4)c3)c3ccc4c(c3)C(c3ccccc3)(c3ccccc3)c3ccccc3-4)cc2)cc1. The average Bonchev–Trinajstić information content (AvgIpc) is 3.58. The minimum atomic E-state index is -0.506. The van der Waals surface area contributed by atoms with Gasteiger partial charge in [-0.15, -0.1) is 0 Å². The van der Waals surface area contributed by atoms with Gasteiger partial charge in [0.2, 0.25) is 0 Å². The standard InChI is InChI=1S/C55H39N/c1-6-18-40(19-7-1)43-30-32-48(33-31-43)56(50-37-44(41-20-8-2-9-21-41)36-45(38-50)42-22-10-3-11-23-42)49-34-35-52-51-28-16-17-29-53(51)55(54(52)39-49,46-24-12-4-13-25-46)47-26-14-5-15-27-47/h1-39H. The first-order valence-corrected chi connectivity index (χ1v) is 19.3. The Morgan fingerprint density at radius 1 is 0.250 bits per heavy atom. The van der Waals surface area contributed by atoms with Gasteiger partial charge >= 0.3 is 0 Å². The molecular weight excluding hydrogens is 675 g/mol. The summed E-state index contributed by atoms with van der Waals surface area (Å²) in [6.07, 6.45) is 0. The van der Waals surface area contributed by atoms with E-state index >= 15 is 0 Å². The van der Waals surface area contributed by atoms with Crippen LogP contribution in [0.1, 0.15) is 22.3 Å². The van der Waals surface area contributed by atoms with Crippen LogP contribution in [-0.2, 0) is 5.41 Å². The molecule has 1 aliphatic carbocycles. The average molecular weight is 714 g/mol. The summed E-state index contributed by atoms with van der Waals surface area (Å²) < 4.78 is 0. The first-order valence-electron chi connectivity index (χ1n) is 19.3. The van der Waals surface area contributed by atoms with Crippen LogP contribution in [-0.4, -0.2) is 0 Å². The number of benzene rings is 9. The van der Waals surface area contributed by atoms with Crippen molar-refractivity contribution < 1.29 is 0 Å². The van der Waals surface area contributed by atoms with Gasteiger partial charge < -0.3 is 4.90 Å². The first-order chi connectivity index (χ1) is 27.8. The largest absolute Gasteiger partial charge is 0.310 e. The van der Waals surface area contributed by atoms with Crippen molar-refractivity contribution in [2.45, 2.75) is 5.41 Å². The third-order valence-corrected chi connectivity index (χ3v) is 11.3. The Balaban J connectivity index is 1.24. The molecule has 0 heterocycles. The third-order valence-electron chi connectivity index (χ3n) is 11.3. The Morgan fingerprint density at radius 3 is 1.20 bits per heavy atom. The third kappa shape index (κ3) is 5.73. The maximum absolute atomic E-state index is 2.46. The molecule has 1 heteroatoms. The molecule has 0 aromatic heterocycles. The molecule has 9 aromatic rings. The molecule has 1 nitrogen and oxygen atoms in total. The lowest BCUT2D eigenvalue weighted by atomic mass is 9.67. The predicted molar refractivity (Wildman–Crippen MR) is 235 cm³/mol. The van der Waals surface area contributed by atoms with Crippen molar-refractivity contribution in [3.63, 3.8) is 0 Å². The van der Waals surface area contributed by atoms with E-state index in [9.17, 15) is 0 Å². The number of rotatable bonds is 8. The summed E-state index contributed by atoms with van der Waals surface area (Å²) in [5, 5.41) is 0. The minimum Gasteiger partial charge on any atom is -0.310 e. The number of hydrogen-bond donors (Lipinski definition) is 0. The van der Waals surface area contributed by atoms with Crippen molar-refractivity contribution in [2.24, 2.45) is 0 Å². The van der Waals surface area contributed by atoms with E-state index in [4.69, 9.17) is 0 Å². The van der Waals surface area contributed by atoms with Crippen LogP contribution in [0.3, 0.4) is 0 Å². The van der Waals surface area contributed by atoms with Crippen LogP contribution in [0.5, 0.6) is 0 Å². The molecule has 264 valence electrons. The van der Waals surface area contributed by atoms with Gasteiger partial charge in [0, 0.05) is 17.1 Å². The van der Waals surface area contributed by atoms with E-state index in [0.717, 1.165) is 17.1 Å². The molecule has 0 unspecified atom stereocenters. The zero-order valence-electron chi connectivity index (χ0n) is 31.0. The van der Waals surface area contributed by atoms with Crippen molar-refractivity contribution in [1.29, 1.82) is 0 Å². The molecule has 0 atom stereocenters. The molecular formula is C55H39N. The summed E-state index contributed by atoms with van der Waals surface area (Å²) in [6.45, 7) is 0. The lowest BCUT2D eigenvalue weighted by Gasteiger charge is -2.35. The molecule has 9 aromatic carbocycles. The number of nitrogens with zero attached hydrogens (tertiary/aromatic N) is 1. The summed E-state index contributed by atoms with van der Waals surface area (Å²) >= 11 is 0. The van der Waals surface area contributed by atoms with Gasteiger partial charge in [0.05, 0.1) is 5.41 Å². The van der Waals surface area contributed by atoms with Crippen LogP contribution in [0.15, 0.2) is 237 Å². The molecule has 0 aliphatic heterocycles.